The molecule has 0 atom stereocenters. The zero-order valence-electron chi connectivity index (χ0n) is 14.0. The zero-order valence-corrected chi connectivity index (χ0v) is 14.9. The van der Waals surface area contributed by atoms with Gasteiger partial charge in [0.15, 0.2) is 6.61 Å². The van der Waals surface area contributed by atoms with E-state index in [0.717, 1.165) is 11.3 Å². The molecule has 23 heavy (non-hydrogen) atoms. The van der Waals surface area contributed by atoms with Crippen LogP contribution in [0.25, 0.3) is 0 Å². The first-order chi connectivity index (χ1) is 11.2. The summed E-state index contributed by atoms with van der Waals surface area (Å²) in [5, 5.41) is 3.64. The van der Waals surface area contributed by atoms with Gasteiger partial charge in [-0.1, -0.05) is 67.9 Å². The van der Waals surface area contributed by atoms with E-state index in [0.29, 0.717) is 5.92 Å². The SMILES string of the molecule is C/C(=N\OCC(=O)S)c1ccc(C2CCCCCCCC2)cc1. The average molecular weight is 333 g/mol. The largest absolute Gasteiger partial charge is 0.387 e. The Morgan fingerprint density at radius 1 is 1.09 bits per heavy atom. The molecule has 1 aliphatic rings. The summed E-state index contributed by atoms with van der Waals surface area (Å²) in [7, 11) is 0. The fourth-order valence-electron chi connectivity index (χ4n) is 3.20. The number of thiol groups is 1. The molecule has 0 aliphatic heterocycles. The summed E-state index contributed by atoms with van der Waals surface area (Å²) in [5.41, 5.74) is 3.25. The fourth-order valence-corrected chi connectivity index (χ4v) is 3.26. The van der Waals surface area contributed by atoms with Crippen LogP contribution in [0.3, 0.4) is 0 Å². The molecule has 0 aromatic heterocycles. The molecule has 0 radical (unpaired) electrons. The third-order valence-electron chi connectivity index (χ3n) is 4.54. The molecule has 4 heteroatoms. The second-order valence-corrected chi connectivity index (χ2v) is 6.86. The van der Waals surface area contributed by atoms with Crippen LogP contribution in [0.5, 0.6) is 0 Å². The van der Waals surface area contributed by atoms with Crippen molar-refractivity contribution < 1.29 is 9.63 Å². The van der Waals surface area contributed by atoms with Crippen molar-refractivity contribution in [3.8, 4) is 0 Å². The van der Waals surface area contributed by atoms with Gasteiger partial charge in [0.1, 0.15) is 0 Å². The molecule has 0 unspecified atom stereocenters. The highest BCUT2D eigenvalue weighted by Gasteiger charge is 2.13. The van der Waals surface area contributed by atoms with E-state index in [1.165, 1.54) is 56.9 Å². The van der Waals surface area contributed by atoms with Gasteiger partial charge in [0, 0.05) is 0 Å². The minimum atomic E-state index is -0.322. The summed E-state index contributed by atoms with van der Waals surface area (Å²) in [6, 6.07) is 8.65. The van der Waals surface area contributed by atoms with Gasteiger partial charge in [-0.2, -0.15) is 0 Å². The second-order valence-electron chi connectivity index (χ2n) is 6.36. The zero-order chi connectivity index (χ0) is 16.5. The average Bonchev–Trinajstić information content (AvgIpc) is 2.68. The first-order valence-corrected chi connectivity index (χ1v) is 9.10. The Hall–Kier alpha value is -1.29. The molecule has 0 N–H and O–H groups in total. The summed E-state index contributed by atoms with van der Waals surface area (Å²) < 4.78 is 0. The molecular weight excluding hydrogens is 306 g/mol. The van der Waals surface area contributed by atoms with E-state index in [1.807, 2.05) is 6.92 Å². The lowest BCUT2D eigenvalue weighted by molar-refractivity contribution is -0.114. The lowest BCUT2D eigenvalue weighted by atomic mass is 9.89. The van der Waals surface area contributed by atoms with Crippen molar-refractivity contribution in [3.63, 3.8) is 0 Å². The molecule has 0 bridgehead atoms. The van der Waals surface area contributed by atoms with Crippen LogP contribution in [0.4, 0.5) is 0 Å². The number of hydrogen-bond acceptors (Lipinski definition) is 3. The van der Waals surface area contributed by atoms with E-state index in [2.05, 4.69) is 42.0 Å². The smallest absolute Gasteiger partial charge is 0.226 e. The van der Waals surface area contributed by atoms with E-state index >= 15 is 0 Å². The van der Waals surface area contributed by atoms with E-state index in [9.17, 15) is 4.79 Å². The highest BCUT2D eigenvalue weighted by molar-refractivity contribution is 7.96. The molecule has 0 saturated heterocycles. The van der Waals surface area contributed by atoms with Gasteiger partial charge in [0.25, 0.3) is 0 Å². The van der Waals surface area contributed by atoms with Gasteiger partial charge in [0.05, 0.1) is 5.71 Å². The Balaban J connectivity index is 1.98. The summed E-state index contributed by atoms with van der Waals surface area (Å²) in [5.74, 6) is 0.692. The Morgan fingerprint density at radius 3 is 2.22 bits per heavy atom. The van der Waals surface area contributed by atoms with Crippen molar-refractivity contribution in [2.45, 2.75) is 64.2 Å². The highest BCUT2D eigenvalue weighted by Crippen LogP contribution is 2.30. The maximum Gasteiger partial charge on any atom is 0.226 e. The Morgan fingerprint density at radius 2 is 1.65 bits per heavy atom. The molecule has 1 aromatic rings. The third-order valence-corrected chi connectivity index (χ3v) is 4.67. The van der Waals surface area contributed by atoms with Crippen LogP contribution < -0.4 is 0 Å². The molecular formula is C19H27NO2S. The van der Waals surface area contributed by atoms with Crippen LogP contribution in [0.1, 0.15) is 75.3 Å². The van der Waals surface area contributed by atoms with Gasteiger partial charge in [-0.15, -0.1) is 12.6 Å². The monoisotopic (exact) mass is 333 g/mol. The van der Waals surface area contributed by atoms with Crippen LogP contribution in [0.2, 0.25) is 0 Å². The lowest BCUT2D eigenvalue weighted by Gasteiger charge is -2.16. The van der Waals surface area contributed by atoms with Crippen molar-refractivity contribution in [1.29, 1.82) is 0 Å². The molecule has 1 fully saturated rings. The van der Waals surface area contributed by atoms with Crippen molar-refractivity contribution in [3.05, 3.63) is 35.4 Å². The number of benzene rings is 1. The lowest BCUT2D eigenvalue weighted by Crippen LogP contribution is -2.03. The normalized spacial score (nSPS) is 17.9. The Bertz CT molecular complexity index is 515. The molecule has 0 heterocycles. The molecule has 0 amide bonds. The molecule has 1 aromatic carbocycles. The summed E-state index contributed by atoms with van der Waals surface area (Å²) in [6.07, 6.45) is 10.9. The van der Waals surface area contributed by atoms with Crippen molar-refractivity contribution >= 4 is 23.5 Å². The van der Waals surface area contributed by atoms with E-state index in [4.69, 9.17) is 4.84 Å². The van der Waals surface area contributed by atoms with Gasteiger partial charge in [-0.25, -0.2) is 0 Å². The predicted molar refractivity (Wildman–Crippen MR) is 98.3 cm³/mol. The minimum Gasteiger partial charge on any atom is -0.387 e. The van der Waals surface area contributed by atoms with E-state index in [1.54, 1.807) is 0 Å². The Labute approximate surface area is 144 Å². The highest BCUT2D eigenvalue weighted by atomic mass is 32.1. The first kappa shape index (κ1) is 18.1. The quantitative estimate of drug-likeness (QED) is 0.462. The maximum absolute atomic E-state index is 10.7. The summed E-state index contributed by atoms with van der Waals surface area (Å²) in [6.45, 7) is 1.79. The number of nitrogens with zero attached hydrogens (tertiary/aromatic N) is 1. The van der Waals surface area contributed by atoms with Crippen molar-refractivity contribution in [2.24, 2.45) is 5.16 Å². The molecule has 3 nitrogen and oxygen atoms in total. The maximum atomic E-state index is 10.7. The van der Waals surface area contributed by atoms with E-state index in [-0.39, 0.29) is 11.7 Å². The van der Waals surface area contributed by atoms with Gasteiger partial charge >= 0.3 is 0 Å². The molecule has 1 aliphatic carbocycles. The number of oxime groups is 1. The topological polar surface area (TPSA) is 38.7 Å². The van der Waals surface area contributed by atoms with Crippen LogP contribution >= 0.6 is 12.6 Å². The Kier molecular flexibility index (Phi) is 7.66. The van der Waals surface area contributed by atoms with E-state index < -0.39 is 0 Å². The van der Waals surface area contributed by atoms with Crippen LogP contribution in [0.15, 0.2) is 29.4 Å². The third kappa shape index (κ3) is 6.38. The first-order valence-electron chi connectivity index (χ1n) is 8.65. The number of carbonyl (C=O) groups is 1. The van der Waals surface area contributed by atoms with Gasteiger partial charge in [0.2, 0.25) is 5.12 Å². The summed E-state index contributed by atoms with van der Waals surface area (Å²) in [4.78, 5) is 15.7. The van der Waals surface area contributed by atoms with Gasteiger partial charge in [-0.05, 0) is 36.8 Å². The number of carbonyl (C=O) groups excluding carboxylic acids is 1. The molecule has 1 saturated carbocycles. The minimum absolute atomic E-state index is 0.0966. The molecule has 126 valence electrons. The standard InChI is InChI=1S/C19H27NO2S/c1-15(20-22-14-19(21)23)16-10-12-18(13-11-16)17-8-6-4-2-3-5-7-9-17/h10-13,17H,2-9,14H2,1H3,(H,21,23)/b20-15+. The van der Waals surface area contributed by atoms with Crippen LogP contribution in [-0.2, 0) is 9.63 Å². The predicted octanol–water partition coefficient (Wildman–Crippen LogP) is 5.10. The van der Waals surface area contributed by atoms with Crippen LogP contribution in [0, 0.1) is 0 Å². The fraction of sp³-hybridized carbons (Fsp3) is 0.579. The van der Waals surface area contributed by atoms with Crippen molar-refractivity contribution in [2.75, 3.05) is 6.61 Å². The van der Waals surface area contributed by atoms with Gasteiger partial charge < -0.3 is 4.84 Å². The number of hydrogen-bond donors (Lipinski definition) is 1. The van der Waals surface area contributed by atoms with Gasteiger partial charge in [-0.3, -0.25) is 4.79 Å². The molecule has 2 rings (SSSR count). The number of rotatable bonds is 5. The second kappa shape index (κ2) is 9.76. The van der Waals surface area contributed by atoms with Crippen LogP contribution in [-0.4, -0.2) is 17.4 Å². The molecule has 0 spiro atoms. The summed E-state index contributed by atoms with van der Waals surface area (Å²) >= 11 is 3.65. The van der Waals surface area contributed by atoms with Crippen molar-refractivity contribution in [1.82, 2.24) is 0 Å².